The van der Waals surface area contributed by atoms with Crippen molar-refractivity contribution in [2.75, 3.05) is 6.54 Å². The van der Waals surface area contributed by atoms with Crippen LogP contribution in [0.25, 0.3) is 5.69 Å². The minimum absolute atomic E-state index is 0.719. The Morgan fingerprint density at radius 3 is 2.62 bits per heavy atom. The number of rotatable bonds is 1. The Morgan fingerprint density at radius 2 is 1.71 bits per heavy atom. The molecule has 1 aromatic heterocycles. The van der Waals surface area contributed by atoms with Crippen LogP contribution in [-0.2, 0) is 6.42 Å². The highest BCUT2D eigenvalue weighted by molar-refractivity contribution is 6.15. The average Bonchev–Trinajstić information content (AvgIpc) is 2.98. The first kappa shape index (κ1) is 12.0. The van der Waals surface area contributed by atoms with Crippen molar-refractivity contribution in [3.63, 3.8) is 0 Å². The van der Waals surface area contributed by atoms with Gasteiger partial charge in [0.1, 0.15) is 12.2 Å². The summed E-state index contributed by atoms with van der Waals surface area (Å²) in [5.41, 5.74) is 4.37. The minimum atomic E-state index is 0.719. The van der Waals surface area contributed by atoms with Crippen LogP contribution in [0.3, 0.4) is 0 Å². The molecule has 0 saturated heterocycles. The van der Waals surface area contributed by atoms with Crippen LogP contribution in [0.15, 0.2) is 65.9 Å². The molecule has 0 atom stereocenters. The van der Waals surface area contributed by atoms with E-state index in [-0.39, 0.29) is 0 Å². The molecule has 21 heavy (non-hydrogen) atoms. The Kier molecular flexibility index (Phi) is 2.85. The van der Waals surface area contributed by atoms with Crippen LogP contribution in [0, 0.1) is 0 Å². The standard InChI is InChI=1S/C17H14N4/c1-2-6-13(7-3-1)17-14-8-4-5-9-15(14)21-12-19-20-16(21)10-11-18-17/h1-9,12H,10-11H2/b18-17-. The molecule has 2 aromatic carbocycles. The van der Waals surface area contributed by atoms with Crippen molar-refractivity contribution in [2.45, 2.75) is 6.42 Å². The van der Waals surface area contributed by atoms with Crippen LogP contribution >= 0.6 is 0 Å². The summed E-state index contributed by atoms with van der Waals surface area (Å²) in [4.78, 5) is 4.81. The van der Waals surface area contributed by atoms with Gasteiger partial charge < -0.3 is 0 Å². The summed E-state index contributed by atoms with van der Waals surface area (Å²) >= 11 is 0. The molecular formula is C17H14N4. The second kappa shape index (κ2) is 4.98. The predicted molar refractivity (Wildman–Crippen MR) is 82.0 cm³/mol. The molecular weight excluding hydrogens is 260 g/mol. The largest absolute Gasteiger partial charge is 0.285 e. The number of aliphatic imine (C=N–C) groups is 1. The number of hydrogen-bond donors (Lipinski definition) is 0. The van der Waals surface area contributed by atoms with E-state index in [4.69, 9.17) is 4.99 Å². The number of benzene rings is 2. The van der Waals surface area contributed by atoms with E-state index in [9.17, 15) is 0 Å². The Morgan fingerprint density at radius 1 is 0.905 bits per heavy atom. The Balaban J connectivity index is 1.96. The smallest absolute Gasteiger partial charge is 0.139 e. The molecule has 0 saturated carbocycles. The summed E-state index contributed by atoms with van der Waals surface area (Å²) < 4.78 is 2.06. The molecule has 4 rings (SSSR count). The van der Waals surface area contributed by atoms with Gasteiger partial charge in [-0.2, -0.15) is 0 Å². The zero-order valence-electron chi connectivity index (χ0n) is 11.5. The number of para-hydroxylation sites is 1. The fourth-order valence-corrected chi connectivity index (χ4v) is 2.71. The first-order chi connectivity index (χ1) is 10.4. The molecule has 102 valence electrons. The Hall–Kier alpha value is -2.75. The van der Waals surface area contributed by atoms with E-state index in [0.717, 1.165) is 41.3 Å². The van der Waals surface area contributed by atoms with Crippen molar-refractivity contribution >= 4 is 5.71 Å². The molecule has 0 spiro atoms. The van der Waals surface area contributed by atoms with Gasteiger partial charge in [-0.1, -0.05) is 48.5 Å². The molecule has 0 radical (unpaired) electrons. The lowest BCUT2D eigenvalue weighted by Crippen LogP contribution is -2.14. The quantitative estimate of drug-likeness (QED) is 0.684. The molecule has 2 heterocycles. The van der Waals surface area contributed by atoms with Crippen LogP contribution in [0.2, 0.25) is 0 Å². The second-order valence-corrected chi connectivity index (χ2v) is 4.98. The van der Waals surface area contributed by atoms with E-state index in [0.29, 0.717) is 0 Å². The summed E-state index contributed by atoms with van der Waals surface area (Å²) in [7, 11) is 0. The fraction of sp³-hybridized carbons (Fsp3) is 0.118. The average molecular weight is 274 g/mol. The summed E-state index contributed by atoms with van der Waals surface area (Å²) in [5.74, 6) is 0.957. The van der Waals surface area contributed by atoms with Gasteiger partial charge in [0.05, 0.1) is 11.4 Å². The third-order valence-corrected chi connectivity index (χ3v) is 3.69. The van der Waals surface area contributed by atoms with Gasteiger partial charge in [0.25, 0.3) is 0 Å². The molecule has 0 bridgehead atoms. The van der Waals surface area contributed by atoms with Gasteiger partial charge in [0.2, 0.25) is 0 Å². The van der Waals surface area contributed by atoms with Crippen LogP contribution in [0.5, 0.6) is 0 Å². The maximum Gasteiger partial charge on any atom is 0.139 e. The number of fused-ring (bicyclic) bond motifs is 3. The summed E-state index contributed by atoms with van der Waals surface area (Å²) in [5, 5.41) is 8.24. The molecule has 1 aliphatic rings. The number of hydrogen-bond acceptors (Lipinski definition) is 3. The molecule has 0 amide bonds. The zero-order chi connectivity index (χ0) is 14.1. The van der Waals surface area contributed by atoms with E-state index < -0.39 is 0 Å². The molecule has 0 aliphatic carbocycles. The molecule has 4 nitrogen and oxygen atoms in total. The van der Waals surface area contributed by atoms with Crippen LogP contribution in [-0.4, -0.2) is 27.0 Å². The molecule has 3 aromatic rings. The second-order valence-electron chi connectivity index (χ2n) is 4.98. The van der Waals surface area contributed by atoms with E-state index in [1.165, 1.54) is 0 Å². The molecule has 0 N–H and O–H groups in total. The van der Waals surface area contributed by atoms with Gasteiger partial charge in [-0.05, 0) is 6.07 Å². The lowest BCUT2D eigenvalue weighted by Gasteiger charge is -2.17. The van der Waals surface area contributed by atoms with E-state index >= 15 is 0 Å². The van der Waals surface area contributed by atoms with Crippen molar-refractivity contribution in [3.8, 4) is 5.69 Å². The van der Waals surface area contributed by atoms with Crippen molar-refractivity contribution < 1.29 is 0 Å². The van der Waals surface area contributed by atoms with Crippen molar-refractivity contribution in [1.29, 1.82) is 0 Å². The fourth-order valence-electron chi connectivity index (χ4n) is 2.71. The van der Waals surface area contributed by atoms with E-state index in [1.54, 1.807) is 6.33 Å². The minimum Gasteiger partial charge on any atom is -0.285 e. The first-order valence-electron chi connectivity index (χ1n) is 7.02. The highest BCUT2D eigenvalue weighted by Gasteiger charge is 2.17. The van der Waals surface area contributed by atoms with Gasteiger partial charge in [0, 0.05) is 24.1 Å². The third kappa shape index (κ3) is 2.05. The Labute approximate surface area is 122 Å². The molecule has 0 fully saturated rings. The van der Waals surface area contributed by atoms with Gasteiger partial charge in [-0.25, -0.2) is 0 Å². The van der Waals surface area contributed by atoms with Gasteiger partial charge in [-0.3, -0.25) is 9.56 Å². The predicted octanol–water partition coefficient (Wildman–Crippen LogP) is 2.66. The van der Waals surface area contributed by atoms with Crippen LogP contribution in [0.1, 0.15) is 17.0 Å². The van der Waals surface area contributed by atoms with Gasteiger partial charge >= 0.3 is 0 Å². The maximum absolute atomic E-state index is 4.81. The lowest BCUT2D eigenvalue weighted by molar-refractivity contribution is 0.823. The normalized spacial score (nSPS) is 16.1. The summed E-state index contributed by atoms with van der Waals surface area (Å²) in [6, 6.07) is 18.6. The highest BCUT2D eigenvalue weighted by Crippen LogP contribution is 2.22. The highest BCUT2D eigenvalue weighted by atomic mass is 15.3. The van der Waals surface area contributed by atoms with E-state index in [1.807, 2.05) is 30.3 Å². The lowest BCUT2D eigenvalue weighted by atomic mass is 9.99. The van der Waals surface area contributed by atoms with Gasteiger partial charge in [0.15, 0.2) is 0 Å². The third-order valence-electron chi connectivity index (χ3n) is 3.69. The number of nitrogens with zero attached hydrogens (tertiary/aromatic N) is 4. The van der Waals surface area contributed by atoms with Crippen LogP contribution < -0.4 is 0 Å². The van der Waals surface area contributed by atoms with Crippen LogP contribution in [0.4, 0.5) is 0 Å². The zero-order valence-corrected chi connectivity index (χ0v) is 11.5. The molecule has 1 aliphatic heterocycles. The maximum atomic E-state index is 4.81. The van der Waals surface area contributed by atoms with Crippen molar-refractivity contribution in [3.05, 3.63) is 77.9 Å². The van der Waals surface area contributed by atoms with Gasteiger partial charge in [-0.15, -0.1) is 10.2 Å². The van der Waals surface area contributed by atoms with Crippen molar-refractivity contribution in [2.24, 2.45) is 4.99 Å². The molecule has 4 heteroatoms. The SMILES string of the molecule is c1ccc(/C2=N/CCc3nncn3-c3ccccc32)cc1. The summed E-state index contributed by atoms with van der Waals surface area (Å²) in [6.45, 7) is 0.719. The first-order valence-corrected chi connectivity index (χ1v) is 7.02. The topological polar surface area (TPSA) is 43.1 Å². The molecule has 0 unspecified atom stereocenters. The van der Waals surface area contributed by atoms with Crippen molar-refractivity contribution in [1.82, 2.24) is 14.8 Å². The Bertz CT molecular complexity index is 802. The number of aromatic nitrogens is 3. The summed E-state index contributed by atoms with van der Waals surface area (Å²) in [6.07, 6.45) is 2.58. The monoisotopic (exact) mass is 274 g/mol. The van der Waals surface area contributed by atoms with E-state index in [2.05, 4.69) is 39.0 Å².